The van der Waals surface area contributed by atoms with E-state index in [1.165, 1.54) is 6.07 Å². The van der Waals surface area contributed by atoms with Crippen molar-refractivity contribution in [3.05, 3.63) is 29.6 Å². The van der Waals surface area contributed by atoms with Gasteiger partial charge in [0.15, 0.2) is 0 Å². The van der Waals surface area contributed by atoms with Gasteiger partial charge in [0.1, 0.15) is 17.7 Å². The van der Waals surface area contributed by atoms with Crippen molar-refractivity contribution in [3.63, 3.8) is 0 Å². The molecule has 1 N–H and O–H groups in total. The Morgan fingerprint density at radius 3 is 2.85 bits per heavy atom. The molecular weight excluding hydrogens is 277 g/mol. The summed E-state index contributed by atoms with van der Waals surface area (Å²) in [6, 6.07) is 4.71. The highest BCUT2D eigenvalue weighted by Crippen LogP contribution is 2.29. The molecule has 1 aliphatic rings. The Morgan fingerprint density at radius 2 is 2.15 bits per heavy atom. The highest BCUT2D eigenvalue weighted by Gasteiger charge is 2.23. The van der Waals surface area contributed by atoms with Gasteiger partial charge in [0, 0.05) is 30.5 Å². The van der Waals surface area contributed by atoms with E-state index in [1.54, 1.807) is 12.1 Å². The molecule has 0 fully saturated rings. The fourth-order valence-corrected chi connectivity index (χ4v) is 3.22. The maximum atomic E-state index is 13.1. The highest BCUT2D eigenvalue weighted by atomic mass is 35.5. The van der Waals surface area contributed by atoms with E-state index in [4.69, 9.17) is 16.3 Å². The zero-order valence-electron chi connectivity index (χ0n) is 12.2. The minimum Gasteiger partial charge on any atom is -0.488 e. The molecule has 2 atom stereocenters. The second kappa shape index (κ2) is 7.28. The van der Waals surface area contributed by atoms with E-state index >= 15 is 0 Å². The second-order valence-corrected chi connectivity index (χ2v) is 6.01. The minimum atomic E-state index is -0.199. The number of hydrogen-bond donors (Lipinski definition) is 1. The smallest absolute Gasteiger partial charge is 0.123 e. The molecule has 0 radical (unpaired) electrons. The number of benzene rings is 1. The predicted molar refractivity (Wildman–Crippen MR) is 81.1 cm³/mol. The van der Waals surface area contributed by atoms with Crippen molar-refractivity contribution in [1.29, 1.82) is 0 Å². The van der Waals surface area contributed by atoms with E-state index in [-0.39, 0.29) is 17.3 Å². The summed E-state index contributed by atoms with van der Waals surface area (Å²) in [5.74, 6) is 1.16. The summed E-state index contributed by atoms with van der Waals surface area (Å²) in [5, 5.41) is 3.53. The molecule has 2 nitrogen and oxygen atoms in total. The van der Waals surface area contributed by atoms with Crippen LogP contribution in [0.4, 0.5) is 4.39 Å². The highest BCUT2D eigenvalue weighted by molar-refractivity contribution is 6.21. The van der Waals surface area contributed by atoms with E-state index in [1.807, 2.05) is 0 Å². The Labute approximate surface area is 125 Å². The van der Waals surface area contributed by atoms with Crippen LogP contribution in [0.5, 0.6) is 5.75 Å². The van der Waals surface area contributed by atoms with Crippen LogP contribution < -0.4 is 10.1 Å². The maximum absolute atomic E-state index is 13.1. The van der Waals surface area contributed by atoms with Gasteiger partial charge >= 0.3 is 0 Å². The van der Waals surface area contributed by atoms with E-state index in [0.29, 0.717) is 5.92 Å². The van der Waals surface area contributed by atoms with Gasteiger partial charge in [-0.2, -0.15) is 0 Å². The summed E-state index contributed by atoms with van der Waals surface area (Å²) in [4.78, 5) is 0. The van der Waals surface area contributed by atoms with Crippen LogP contribution in [0.3, 0.4) is 0 Å². The van der Waals surface area contributed by atoms with Crippen molar-refractivity contribution < 1.29 is 9.13 Å². The first-order valence-electron chi connectivity index (χ1n) is 7.43. The van der Waals surface area contributed by atoms with Crippen molar-refractivity contribution in [2.24, 2.45) is 5.92 Å². The van der Waals surface area contributed by atoms with Crippen molar-refractivity contribution in [2.45, 2.75) is 44.6 Å². The van der Waals surface area contributed by atoms with Gasteiger partial charge < -0.3 is 10.1 Å². The number of nitrogens with one attached hydrogen (secondary N) is 1. The zero-order valence-corrected chi connectivity index (χ0v) is 12.9. The van der Waals surface area contributed by atoms with Crippen molar-refractivity contribution >= 4 is 11.6 Å². The molecule has 1 aromatic rings. The van der Waals surface area contributed by atoms with Crippen molar-refractivity contribution in [3.8, 4) is 5.75 Å². The fraction of sp³-hybridized carbons (Fsp3) is 0.625. The molecule has 1 aromatic carbocycles. The van der Waals surface area contributed by atoms with Gasteiger partial charge in [-0.1, -0.05) is 26.7 Å². The summed E-state index contributed by atoms with van der Waals surface area (Å²) >= 11 is 6.39. The van der Waals surface area contributed by atoms with Gasteiger partial charge in [-0.25, -0.2) is 4.39 Å². The van der Waals surface area contributed by atoms with Crippen LogP contribution in [-0.2, 0) is 6.42 Å². The number of alkyl halides is 1. The molecule has 0 spiro atoms. The SMILES string of the molecule is CCC(CC)C(Cl)CNCC1Cc2cc(F)ccc2O1. The molecule has 1 heterocycles. The average molecular weight is 300 g/mol. The molecule has 20 heavy (non-hydrogen) atoms. The summed E-state index contributed by atoms with van der Waals surface area (Å²) in [5.41, 5.74) is 0.958. The average Bonchev–Trinajstić information content (AvgIpc) is 2.82. The molecule has 4 heteroatoms. The molecular formula is C16H23ClFNO. The predicted octanol–water partition coefficient (Wildman–Crippen LogP) is 3.76. The van der Waals surface area contributed by atoms with Crippen LogP contribution in [0.15, 0.2) is 18.2 Å². The Kier molecular flexibility index (Phi) is 5.67. The lowest BCUT2D eigenvalue weighted by atomic mass is 9.99. The Balaban J connectivity index is 1.75. The third kappa shape index (κ3) is 3.86. The van der Waals surface area contributed by atoms with Crippen LogP contribution in [0.1, 0.15) is 32.3 Å². The van der Waals surface area contributed by atoms with Gasteiger partial charge in [-0.05, 0) is 24.1 Å². The normalized spacial score (nSPS) is 18.9. The minimum absolute atomic E-state index is 0.0809. The van der Waals surface area contributed by atoms with Gasteiger partial charge in [-0.15, -0.1) is 11.6 Å². The van der Waals surface area contributed by atoms with Crippen LogP contribution in [0.25, 0.3) is 0 Å². The largest absolute Gasteiger partial charge is 0.488 e. The van der Waals surface area contributed by atoms with E-state index in [2.05, 4.69) is 19.2 Å². The third-order valence-electron chi connectivity index (χ3n) is 4.04. The van der Waals surface area contributed by atoms with Gasteiger partial charge in [0.25, 0.3) is 0 Å². The van der Waals surface area contributed by atoms with Crippen LogP contribution in [-0.4, -0.2) is 24.6 Å². The van der Waals surface area contributed by atoms with Crippen molar-refractivity contribution in [2.75, 3.05) is 13.1 Å². The van der Waals surface area contributed by atoms with Gasteiger partial charge in [0.05, 0.1) is 0 Å². The van der Waals surface area contributed by atoms with Crippen LogP contribution in [0, 0.1) is 11.7 Å². The number of halogens is 2. The Morgan fingerprint density at radius 1 is 1.40 bits per heavy atom. The Bertz CT molecular complexity index is 436. The summed E-state index contributed by atoms with van der Waals surface area (Å²) in [6.07, 6.45) is 3.06. The van der Waals surface area contributed by atoms with Gasteiger partial charge in [-0.3, -0.25) is 0 Å². The number of fused-ring (bicyclic) bond motifs is 1. The first-order chi connectivity index (χ1) is 9.63. The third-order valence-corrected chi connectivity index (χ3v) is 4.55. The maximum Gasteiger partial charge on any atom is 0.123 e. The van der Waals surface area contributed by atoms with Crippen LogP contribution >= 0.6 is 11.6 Å². The topological polar surface area (TPSA) is 21.3 Å². The molecule has 0 aliphatic carbocycles. The molecule has 2 unspecified atom stereocenters. The van der Waals surface area contributed by atoms with Crippen molar-refractivity contribution in [1.82, 2.24) is 5.32 Å². The molecule has 1 aliphatic heterocycles. The molecule has 0 saturated heterocycles. The fourth-order valence-electron chi connectivity index (χ4n) is 2.75. The summed E-state index contributed by atoms with van der Waals surface area (Å²) in [7, 11) is 0. The number of hydrogen-bond acceptors (Lipinski definition) is 2. The van der Waals surface area contributed by atoms with Crippen LogP contribution in [0.2, 0.25) is 0 Å². The second-order valence-electron chi connectivity index (χ2n) is 5.45. The van der Waals surface area contributed by atoms with E-state index in [9.17, 15) is 4.39 Å². The lowest BCUT2D eigenvalue weighted by Gasteiger charge is -2.20. The summed E-state index contributed by atoms with van der Waals surface area (Å²) < 4.78 is 18.9. The summed E-state index contributed by atoms with van der Waals surface area (Å²) in [6.45, 7) is 5.89. The monoisotopic (exact) mass is 299 g/mol. The quantitative estimate of drug-likeness (QED) is 0.774. The zero-order chi connectivity index (χ0) is 14.5. The van der Waals surface area contributed by atoms with E-state index in [0.717, 1.165) is 43.7 Å². The first-order valence-corrected chi connectivity index (χ1v) is 7.87. The van der Waals surface area contributed by atoms with Gasteiger partial charge in [0.2, 0.25) is 0 Å². The number of ether oxygens (including phenoxy) is 1. The first kappa shape index (κ1) is 15.6. The molecule has 0 amide bonds. The lowest BCUT2D eigenvalue weighted by Crippen LogP contribution is -2.35. The number of rotatable bonds is 7. The Hall–Kier alpha value is -0.800. The lowest BCUT2D eigenvalue weighted by molar-refractivity contribution is 0.226. The standard InChI is InChI=1S/C16H23ClFNO/c1-3-11(4-2)15(17)10-19-9-14-8-12-7-13(18)5-6-16(12)20-14/h5-7,11,14-15,19H,3-4,8-10H2,1-2H3. The molecule has 0 saturated carbocycles. The molecule has 0 bridgehead atoms. The molecule has 0 aromatic heterocycles. The van der Waals surface area contributed by atoms with E-state index < -0.39 is 0 Å². The molecule has 2 rings (SSSR count). The molecule has 112 valence electrons.